The van der Waals surface area contributed by atoms with E-state index in [4.69, 9.17) is 11.1 Å². The van der Waals surface area contributed by atoms with Crippen molar-refractivity contribution >= 4 is 81.1 Å². The molecule has 6 aromatic carbocycles. The Morgan fingerprint density at radius 2 is 0.800 bits per heavy atom. The van der Waals surface area contributed by atoms with Crippen molar-refractivity contribution < 1.29 is 20.4 Å². The van der Waals surface area contributed by atoms with Crippen LogP contribution in [-0.4, -0.2) is 38.5 Å². The van der Waals surface area contributed by atoms with Crippen molar-refractivity contribution in [1.82, 2.24) is 0 Å². The number of hydrogen-bond donors (Lipinski definition) is 0. The minimum absolute atomic E-state index is 0. The molecule has 9 heteroatoms. The van der Waals surface area contributed by atoms with Crippen LogP contribution in [-0.2, 0) is 12.8 Å². The molecule has 6 rings (SSSR count). The molecule has 0 aliphatic heterocycles. The molecular weight excluding hydrogens is 824 g/mol. The van der Waals surface area contributed by atoms with Crippen molar-refractivity contribution in [2.45, 2.75) is 65.7 Å². The van der Waals surface area contributed by atoms with Crippen molar-refractivity contribution in [2.24, 2.45) is 0 Å². The predicted molar refractivity (Wildman–Crippen MR) is 240 cm³/mol. The Labute approximate surface area is 359 Å². The number of rotatable bonds is 9. The summed E-state index contributed by atoms with van der Waals surface area (Å²) in [5.74, 6) is -3.21. The molecular formula is C46H50BrClF4MgSi2. The fourth-order valence-corrected chi connectivity index (χ4v) is 9.83. The van der Waals surface area contributed by atoms with E-state index in [-0.39, 0.29) is 25.9 Å². The molecule has 0 aromatic heterocycles. The van der Waals surface area contributed by atoms with Gasteiger partial charge in [-0.2, -0.15) is 11.1 Å². The van der Waals surface area contributed by atoms with E-state index in [2.05, 4.69) is 140 Å². The average Bonchev–Trinajstić information content (AvgIpc) is 3.15. The van der Waals surface area contributed by atoms with Gasteiger partial charge in [-0.1, -0.05) is 176 Å². The second-order valence-corrected chi connectivity index (χ2v) is 26.0. The van der Waals surface area contributed by atoms with Crippen LogP contribution in [0.15, 0.2) is 138 Å². The minimum atomic E-state index is -2.06. The van der Waals surface area contributed by atoms with Gasteiger partial charge < -0.3 is 2.85 Å². The van der Waals surface area contributed by atoms with Gasteiger partial charge in [0, 0.05) is 4.47 Å². The largest absolute Gasteiger partial charge is 2.00 e. The molecule has 0 bridgehead atoms. The zero-order valence-electron chi connectivity index (χ0n) is 34.5. The van der Waals surface area contributed by atoms with Crippen LogP contribution in [0.4, 0.5) is 17.6 Å². The molecule has 0 atom stereocenters. The topological polar surface area (TPSA) is 0 Å². The molecule has 0 fully saturated rings. The second-order valence-electron chi connectivity index (χ2n) is 14.3. The second kappa shape index (κ2) is 21.5. The summed E-state index contributed by atoms with van der Waals surface area (Å²) in [7, 11) is -4.08. The van der Waals surface area contributed by atoms with Crippen LogP contribution in [0.2, 0.25) is 26.2 Å². The van der Waals surface area contributed by atoms with Gasteiger partial charge in [0.2, 0.25) is 0 Å². The van der Waals surface area contributed by atoms with Gasteiger partial charge in [0.15, 0.2) is 30.7 Å². The molecule has 6 aromatic rings. The third-order valence-corrected chi connectivity index (χ3v) is 15.7. The van der Waals surface area contributed by atoms with E-state index >= 15 is 0 Å². The first kappa shape index (κ1) is 46.4. The van der Waals surface area contributed by atoms with E-state index in [1.807, 2.05) is 13.1 Å². The Kier molecular flexibility index (Phi) is 18.1. The fraction of sp³-hybridized carbons (Fsp3) is 0.217. The molecule has 55 heavy (non-hydrogen) atoms. The third-order valence-electron chi connectivity index (χ3n) is 9.35. The van der Waals surface area contributed by atoms with Gasteiger partial charge in [0.05, 0.1) is 0 Å². The minimum Gasteiger partial charge on any atom is -1.00 e. The molecule has 0 radical (unpaired) electrons. The Morgan fingerprint density at radius 1 is 0.473 bits per heavy atom. The molecule has 0 unspecified atom stereocenters. The van der Waals surface area contributed by atoms with E-state index in [0.717, 1.165) is 28.6 Å². The summed E-state index contributed by atoms with van der Waals surface area (Å²) in [5, 5.41) is 2.81. The van der Waals surface area contributed by atoms with Crippen LogP contribution in [0, 0.1) is 23.3 Å². The maximum absolute atomic E-state index is 13.6. The molecule has 286 valence electrons. The monoisotopic (exact) mass is 872 g/mol. The van der Waals surface area contributed by atoms with Crippen molar-refractivity contribution in [3.05, 3.63) is 172 Å². The first-order valence-electron chi connectivity index (χ1n) is 18.3. The van der Waals surface area contributed by atoms with Crippen molar-refractivity contribution in [1.29, 1.82) is 0 Å². The zero-order chi connectivity index (χ0) is 39.5. The number of benzene rings is 6. The first-order chi connectivity index (χ1) is 25.6. The van der Waals surface area contributed by atoms with Crippen molar-refractivity contribution in [2.75, 3.05) is 0 Å². The SMILES string of the molecule is CCCc1ccc(-c2ccc(Br)cc2)cc1.CCCc1ccc(-c2ccc([Si](C)(C)c3ccc(F)c(F)c3)cc2)cc1.C[Si](C)(Cl)c1ccc(F)c(F)c1.[H-].[H-].[Mg+2]. The quantitative estimate of drug-likeness (QED) is 0.0771. The number of halogens is 6. The molecule has 0 aliphatic carbocycles. The molecule has 0 saturated heterocycles. The van der Waals surface area contributed by atoms with E-state index in [0.29, 0.717) is 5.19 Å². The Balaban J connectivity index is 0.000000452. The van der Waals surface area contributed by atoms with Crippen LogP contribution in [0.25, 0.3) is 22.3 Å². The molecule has 0 N–H and O–H groups in total. The predicted octanol–water partition coefficient (Wildman–Crippen LogP) is 12.9. The molecule has 0 saturated carbocycles. The smallest absolute Gasteiger partial charge is 1.00 e. The Morgan fingerprint density at radius 3 is 1.16 bits per heavy atom. The summed E-state index contributed by atoms with van der Waals surface area (Å²) in [6.07, 6.45) is 4.63. The summed E-state index contributed by atoms with van der Waals surface area (Å²) in [4.78, 5) is 0. The van der Waals surface area contributed by atoms with Crippen LogP contribution in [0.3, 0.4) is 0 Å². The van der Waals surface area contributed by atoms with E-state index in [1.54, 1.807) is 6.07 Å². The standard InChI is InChI=1S/C23H24F2Si.C15H15Br.C8H9ClF2Si.Mg.2H/c1-4-5-17-6-8-18(9-7-17)19-10-12-20(13-11-19)26(2,3)21-14-15-22(24)23(25)16-21;1-2-3-12-4-6-13(7-5-12)14-8-10-15(16)11-9-14;1-12(2,9)6-3-4-7(10)8(11)5-6;;;/h6-16H,4-5H2,1-3H3;4-11H,2-3H2,1H3;3-5H,1-2H3;;;/q;;;+2;2*-1. The van der Waals surface area contributed by atoms with Crippen LogP contribution in [0.5, 0.6) is 0 Å². The molecule has 0 amide bonds. The van der Waals surface area contributed by atoms with Crippen LogP contribution < -0.4 is 15.6 Å². The van der Waals surface area contributed by atoms with Gasteiger partial charge >= 0.3 is 23.1 Å². The number of hydrogen-bond acceptors (Lipinski definition) is 0. The summed E-state index contributed by atoms with van der Waals surface area (Å²) >= 11 is 9.48. The fourth-order valence-electron chi connectivity index (χ4n) is 5.94. The number of aryl methyl sites for hydroxylation is 2. The summed E-state index contributed by atoms with van der Waals surface area (Å²) in [5.41, 5.74) is 7.71. The Hall–Kier alpha value is -2.99. The van der Waals surface area contributed by atoms with E-state index < -0.39 is 38.7 Å². The summed E-state index contributed by atoms with van der Waals surface area (Å²) in [6.45, 7) is 12.4. The van der Waals surface area contributed by atoms with Gasteiger partial charge in [-0.3, -0.25) is 0 Å². The molecule has 0 nitrogen and oxygen atoms in total. The van der Waals surface area contributed by atoms with Gasteiger partial charge in [0.1, 0.15) is 8.07 Å². The van der Waals surface area contributed by atoms with E-state index in [9.17, 15) is 17.6 Å². The van der Waals surface area contributed by atoms with Crippen molar-refractivity contribution in [3.8, 4) is 22.3 Å². The maximum atomic E-state index is 13.6. The van der Waals surface area contributed by atoms with Crippen molar-refractivity contribution in [3.63, 3.8) is 0 Å². The maximum Gasteiger partial charge on any atom is 2.00 e. The molecule has 0 spiro atoms. The van der Waals surface area contributed by atoms with Gasteiger partial charge in [-0.05, 0) is 87.8 Å². The van der Waals surface area contributed by atoms with E-state index in [1.165, 1.54) is 75.7 Å². The van der Waals surface area contributed by atoms with Crippen LogP contribution in [0.1, 0.15) is 40.7 Å². The normalized spacial score (nSPS) is 11.1. The molecule has 0 aliphatic rings. The average molecular weight is 875 g/mol. The van der Waals surface area contributed by atoms with Crippen LogP contribution >= 0.6 is 27.0 Å². The van der Waals surface area contributed by atoms with Gasteiger partial charge in [-0.25, -0.2) is 17.6 Å². The third kappa shape index (κ3) is 13.6. The Bertz CT molecular complexity index is 2100. The molecule has 0 heterocycles. The summed E-state index contributed by atoms with van der Waals surface area (Å²) < 4.78 is 53.2. The van der Waals surface area contributed by atoms with Gasteiger partial charge in [0.25, 0.3) is 0 Å². The summed E-state index contributed by atoms with van der Waals surface area (Å²) in [6, 6.07) is 42.6. The first-order valence-corrected chi connectivity index (χ1v) is 26.1. The van der Waals surface area contributed by atoms with Gasteiger partial charge in [-0.15, -0.1) is 0 Å². The zero-order valence-corrected chi connectivity index (χ0v) is 38.3.